The topological polar surface area (TPSA) is 57.2 Å². The fraction of sp³-hybridized carbons (Fsp3) is 0.250. The number of carbonyl (C=O) groups is 1. The molecule has 1 aromatic carbocycles. The van der Waals surface area contributed by atoms with Crippen LogP contribution in [-0.4, -0.2) is 24.5 Å². The summed E-state index contributed by atoms with van der Waals surface area (Å²) in [6, 6.07) is 5.62. The minimum absolute atomic E-state index is 0.489. The van der Waals surface area contributed by atoms with Crippen LogP contribution >= 0.6 is 15.9 Å². The van der Waals surface area contributed by atoms with Crippen LogP contribution < -0.4 is 10.5 Å². The number of nitrogens with two attached hydrogens (primary N) is 1. The SMILES string of the molecule is COc1cc(Br)c2c(c1)cc(C=O)n2CCN. The Morgan fingerprint density at radius 3 is 2.82 bits per heavy atom. The van der Waals surface area contributed by atoms with Gasteiger partial charge in [0.05, 0.1) is 18.3 Å². The molecule has 0 atom stereocenters. The summed E-state index contributed by atoms with van der Waals surface area (Å²) in [4.78, 5) is 11.0. The number of rotatable bonds is 4. The third kappa shape index (κ3) is 2.08. The molecular formula is C12H13BrN2O2. The normalized spacial score (nSPS) is 10.8. The summed E-state index contributed by atoms with van der Waals surface area (Å²) in [6.07, 6.45) is 0.842. The van der Waals surface area contributed by atoms with Crippen molar-refractivity contribution in [3.63, 3.8) is 0 Å². The highest BCUT2D eigenvalue weighted by atomic mass is 79.9. The summed E-state index contributed by atoms with van der Waals surface area (Å²) in [5.74, 6) is 0.756. The van der Waals surface area contributed by atoms with Gasteiger partial charge in [0.25, 0.3) is 0 Å². The Morgan fingerprint density at radius 2 is 2.24 bits per heavy atom. The number of methoxy groups -OCH3 is 1. The van der Waals surface area contributed by atoms with E-state index in [4.69, 9.17) is 10.5 Å². The van der Waals surface area contributed by atoms with E-state index in [-0.39, 0.29) is 0 Å². The molecule has 0 amide bonds. The van der Waals surface area contributed by atoms with Gasteiger partial charge in [-0.2, -0.15) is 0 Å². The van der Waals surface area contributed by atoms with Crippen LogP contribution in [0.3, 0.4) is 0 Å². The number of hydrogen-bond acceptors (Lipinski definition) is 3. The number of fused-ring (bicyclic) bond motifs is 1. The first-order valence-corrected chi connectivity index (χ1v) is 6.02. The summed E-state index contributed by atoms with van der Waals surface area (Å²) in [5.41, 5.74) is 7.16. The minimum atomic E-state index is 0.489. The molecule has 1 heterocycles. The molecule has 1 aromatic heterocycles. The lowest BCUT2D eigenvalue weighted by atomic mass is 10.2. The first-order valence-electron chi connectivity index (χ1n) is 5.23. The van der Waals surface area contributed by atoms with Gasteiger partial charge in [0.1, 0.15) is 5.75 Å². The maximum Gasteiger partial charge on any atom is 0.166 e. The van der Waals surface area contributed by atoms with Crippen molar-refractivity contribution >= 4 is 33.1 Å². The van der Waals surface area contributed by atoms with Gasteiger partial charge >= 0.3 is 0 Å². The molecule has 2 rings (SSSR count). The molecule has 0 saturated carbocycles. The van der Waals surface area contributed by atoms with Crippen LogP contribution in [0.15, 0.2) is 22.7 Å². The van der Waals surface area contributed by atoms with Crippen molar-refractivity contribution in [2.45, 2.75) is 6.54 Å². The van der Waals surface area contributed by atoms with Crippen LogP contribution in [-0.2, 0) is 6.54 Å². The maximum atomic E-state index is 11.0. The van der Waals surface area contributed by atoms with Crippen LogP contribution in [0.25, 0.3) is 10.9 Å². The quantitative estimate of drug-likeness (QED) is 0.880. The second-order valence-electron chi connectivity index (χ2n) is 3.67. The van der Waals surface area contributed by atoms with Crippen molar-refractivity contribution in [2.24, 2.45) is 5.73 Å². The van der Waals surface area contributed by atoms with Gasteiger partial charge in [-0.25, -0.2) is 0 Å². The number of aromatic nitrogens is 1. The standard InChI is InChI=1S/C12H13BrN2O2/c1-17-10-5-8-4-9(7-16)15(3-2-14)12(8)11(13)6-10/h4-7H,2-3,14H2,1H3. The third-order valence-corrected chi connectivity index (χ3v) is 3.27. The van der Waals surface area contributed by atoms with Crippen molar-refractivity contribution in [3.8, 4) is 5.75 Å². The van der Waals surface area contributed by atoms with Gasteiger partial charge in [0, 0.05) is 22.9 Å². The van der Waals surface area contributed by atoms with Crippen molar-refractivity contribution in [3.05, 3.63) is 28.4 Å². The zero-order chi connectivity index (χ0) is 12.4. The van der Waals surface area contributed by atoms with Crippen LogP contribution in [0.4, 0.5) is 0 Å². The lowest BCUT2D eigenvalue weighted by molar-refractivity contribution is 0.111. The molecule has 4 nitrogen and oxygen atoms in total. The highest BCUT2D eigenvalue weighted by Crippen LogP contribution is 2.31. The maximum absolute atomic E-state index is 11.0. The first-order chi connectivity index (χ1) is 8.21. The summed E-state index contributed by atoms with van der Waals surface area (Å²) >= 11 is 3.49. The zero-order valence-electron chi connectivity index (χ0n) is 9.44. The molecule has 0 unspecified atom stereocenters. The molecule has 0 radical (unpaired) electrons. The van der Waals surface area contributed by atoms with E-state index in [9.17, 15) is 4.79 Å². The molecule has 90 valence electrons. The van der Waals surface area contributed by atoms with Gasteiger partial charge in [0.2, 0.25) is 0 Å². The van der Waals surface area contributed by atoms with E-state index >= 15 is 0 Å². The number of aldehydes is 1. The summed E-state index contributed by atoms with van der Waals surface area (Å²) in [7, 11) is 1.62. The molecule has 0 spiro atoms. The van der Waals surface area contributed by atoms with E-state index in [1.165, 1.54) is 0 Å². The molecule has 17 heavy (non-hydrogen) atoms. The van der Waals surface area contributed by atoms with Gasteiger partial charge < -0.3 is 15.0 Å². The number of benzene rings is 1. The smallest absolute Gasteiger partial charge is 0.166 e. The predicted molar refractivity (Wildman–Crippen MR) is 70.6 cm³/mol. The molecule has 0 fully saturated rings. The van der Waals surface area contributed by atoms with Crippen molar-refractivity contribution in [1.29, 1.82) is 0 Å². The van der Waals surface area contributed by atoms with Gasteiger partial charge in [-0.3, -0.25) is 4.79 Å². The second kappa shape index (κ2) is 4.89. The minimum Gasteiger partial charge on any atom is -0.497 e. The largest absolute Gasteiger partial charge is 0.497 e. The second-order valence-corrected chi connectivity index (χ2v) is 4.53. The summed E-state index contributed by atoms with van der Waals surface area (Å²) in [6.45, 7) is 1.10. The van der Waals surface area contributed by atoms with E-state index in [0.717, 1.165) is 27.4 Å². The Kier molecular flexibility index (Phi) is 3.49. The summed E-state index contributed by atoms with van der Waals surface area (Å²) in [5, 5.41) is 0.965. The molecule has 0 aliphatic carbocycles. The number of ether oxygens (including phenoxy) is 1. The van der Waals surface area contributed by atoms with E-state index in [2.05, 4.69) is 15.9 Å². The number of halogens is 1. The first kappa shape index (κ1) is 12.1. The lowest BCUT2D eigenvalue weighted by Gasteiger charge is -2.08. The molecule has 0 aliphatic rings. The average molecular weight is 297 g/mol. The van der Waals surface area contributed by atoms with Crippen molar-refractivity contribution in [1.82, 2.24) is 4.57 Å². The van der Waals surface area contributed by atoms with Crippen LogP contribution in [0.5, 0.6) is 5.75 Å². The Bertz CT molecular complexity index is 563. The Labute approximate surface area is 107 Å². The van der Waals surface area contributed by atoms with Gasteiger partial charge in [-0.1, -0.05) is 0 Å². The Morgan fingerprint density at radius 1 is 1.47 bits per heavy atom. The molecule has 0 aliphatic heterocycles. The van der Waals surface area contributed by atoms with Crippen LogP contribution in [0, 0.1) is 0 Å². The highest BCUT2D eigenvalue weighted by molar-refractivity contribution is 9.10. The van der Waals surface area contributed by atoms with E-state index in [1.807, 2.05) is 22.8 Å². The highest BCUT2D eigenvalue weighted by Gasteiger charge is 2.12. The van der Waals surface area contributed by atoms with Gasteiger partial charge in [0.15, 0.2) is 6.29 Å². The molecule has 0 saturated heterocycles. The zero-order valence-corrected chi connectivity index (χ0v) is 11.0. The number of carbonyl (C=O) groups excluding carboxylic acids is 1. The fourth-order valence-corrected chi connectivity index (χ4v) is 2.61. The van der Waals surface area contributed by atoms with Gasteiger partial charge in [-0.15, -0.1) is 0 Å². The molecule has 5 heteroatoms. The fourth-order valence-electron chi connectivity index (χ4n) is 1.94. The van der Waals surface area contributed by atoms with Crippen molar-refractivity contribution < 1.29 is 9.53 Å². The summed E-state index contributed by atoms with van der Waals surface area (Å²) < 4.78 is 8.00. The van der Waals surface area contributed by atoms with Crippen molar-refractivity contribution in [2.75, 3.05) is 13.7 Å². The predicted octanol–water partition coefficient (Wildman–Crippen LogP) is 2.18. The Hall–Kier alpha value is -1.33. The van der Waals surface area contributed by atoms with Crippen LogP contribution in [0.2, 0.25) is 0 Å². The number of nitrogens with zero attached hydrogens (tertiary/aromatic N) is 1. The molecule has 2 N–H and O–H groups in total. The average Bonchev–Trinajstić information content (AvgIpc) is 2.68. The van der Waals surface area contributed by atoms with E-state index in [0.29, 0.717) is 18.8 Å². The van der Waals surface area contributed by atoms with E-state index < -0.39 is 0 Å². The molecule has 2 aromatic rings. The van der Waals surface area contributed by atoms with Crippen LogP contribution in [0.1, 0.15) is 10.5 Å². The molecular weight excluding hydrogens is 284 g/mol. The van der Waals surface area contributed by atoms with E-state index in [1.54, 1.807) is 7.11 Å². The molecule has 0 bridgehead atoms. The third-order valence-electron chi connectivity index (χ3n) is 2.66. The lowest BCUT2D eigenvalue weighted by Crippen LogP contribution is -2.11. The Balaban J connectivity index is 2.73. The van der Waals surface area contributed by atoms with Gasteiger partial charge in [-0.05, 0) is 34.1 Å². The number of hydrogen-bond donors (Lipinski definition) is 1. The monoisotopic (exact) mass is 296 g/mol.